The first-order valence-electron chi connectivity index (χ1n) is 8.45. The largest absolute Gasteiger partial charge is 0.461 e. The molecule has 4 rings (SSSR count). The highest BCUT2D eigenvalue weighted by atomic mass is 32.2. The zero-order valence-corrected chi connectivity index (χ0v) is 14.7. The van der Waals surface area contributed by atoms with Gasteiger partial charge in [0.15, 0.2) is 0 Å². The van der Waals surface area contributed by atoms with Gasteiger partial charge in [-0.2, -0.15) is 30.7 Å². The molecule has 4 aliphatic rings. The van der Waals surface area contributed by atoms with Gasteiger partial charge in [0.1, 0.15) is 0 Å². The maximum atomic E-state index is 13.7. The molecule has 0 aromatic carbocycles. The van der Waals surface area contributed by atoms with Crippen molar-refractivity contribution < 1.29 is 39.2 Å². The highest BCUT2D eigenvalue weighted by Crippen LogP contribution is 2.61. The van der Waals surface area contributed by atoms with E-state index in [0.717, 1.165) is 19.3 Å². The van der Waals surface area contributed by atoms with Crippen LogP contribution in [-0.4, -0.2) is 31.8 Å². The lowest BCUT2D eigenvalue weighted by Crippen LogP contribution is -2.62. The van der Waals surface area contributed by atoms with Crippen molar-refractivity contribution in [2.24, 2.45) is 23.2 Å². The van der Waals surface area contributed by atoms with Gasteiger partial charge in [0.25, 0.3) is 10.0 Å². The van der Waals surface area contributed by atoms with Gasteiger partial charge in [0.05, 0.1) is 0 Å². The Morgan fingerprint density at radius 1 is 0.885 bits per heavy atom. The van der Waals surface area contributed by atoms with Gasteiger partial charge in [-0.05, 0) is 68.6 Å². The SMILES string of the molecule is CC(NS(=O)(=O)C(F)(F)C(F)(F)C(F)(F)F)C12CC3CC(CC(C3)C1)C2. The van der Waals surface area contributed by atoms with Crippen molar-refractivity contribution in [3.63, 3.8) is 0 Å². The Balaban J connectivity index is 1.83. The van der Waals surface area contributed by atoms with Crippen molar-refractivity contribution in [2.45, 2.75) is 68.8 Å². The standard InChI is InChI=1S/C15H20F7NO2S/c1-8(12-5-9-2-10(6-12)4-11(3-9)7-12)23-26(24,25)15(21,22)13(16,17)14(18,19)20/h8-11,23H,2-7H2,1H3. The lowest BCUT2D eigenvalue weighted by molar-refractivity contribution is -0.332. The zero-order chi connectivity index (χ0) is 19.8. The average Bonchev–Trinajstić information content (AvgIpc) is 2.43. The van der Waals surface area contributed by atoms with Crippen molar-refractivity contribution >= 4 is 10.0 Å². The van der Waals surface area contributed by atoms with E-state index in [9.17, 15) is 39.2 Å². The molecule has 0 amide bonds. The molecule has 0 spiro atoms. The first kappa shape index (κ1) is 20.2. The second kappa shape index (κ2) is 5.71. The van der Waals surface area contributed by atoms with Crippen molar-refractivity contribution in [2.75, 3.05) is 0 Å². The van der Waals surface area contributed by atoms with Crippen LogP contribution in [0.4, 0.5) is 30.7 Å². The molecule has 4 fully saturated rings. The number of sulfonamides is 1. The molecule has 1 N–H and O–H groups in total. The molecule has 4 bridgehead atoms. The Morgan fingerprint density at radius 3 is 1.62 bits per heavy atom. The van der Waals surface area contributed by atoms with Gasteiger partial charge in [-0.1, -0.05) is 0 Å². The predicted octanol–water partition coefficient (Wildman–Crippen LogP) is 4.30. The smallest absolute Gasteiger partial charge is 0.206 e. The number of hydrogen-bond donors (Lipinski definition) is 1. The van der Waals surface area contributed by atoms with Gasteiger partial charge in [0.2, 0.25) is 0 Å². The van der Waals surface area contributed by atoms with Crippen molar-refractivity contribution in [1.29, 1.82) is 0 Å². The topological polar surface area (TPSA) is 46.2 Å². The summed E-state index contributed by atoms with van der Waals surface area (Å²) in [6, 6.07) is -1.14. The fourth-order valence-corrected chi connectivity index (χ4v) is 6.79. The minimum Gasteiger partial charge on any atom is -0.206 e. The highest BCUT2D eigenvalue weighted by molar-refractivity contribution is 7.90. The Hall–Kier alpha value is -0.580. The molecule has 4 aliphatic carbocycles. The molecule has 1 unspecified atom stereocenters. The summed E-state index contributed by atoms with van der Waals surface area (Å²) in [5, 5.41) is -6.30. The van der Waals surface area contributed by atoms with E-state index in [2.05, 4.69) is 0 Å². The third kappa shape index (κ3) is 2.84. The number of hydrogen-bond acceptors (Lipinski definition) is 2. The van der Waals surface area contributed by atoms with Gasteiger partial charge >= 0.3 is 17.4 Å². The van der Waals surface area contributed by atoms with E-state index >= 15 is 0 Å². The second-order valence-electron chi connectivity index (χ2n) is 8.21. The summed E-state index contributed by atoms with van der Waals surface area (Å²) < 4.78 is 116. The molecule has 0 aromatic heterocycles. The molecule has 0 aliphatic heterocycles. The number of halogens is 7. The van der Waals surface area contributed by atoms with E-state index in [1.54, 1.807) is 0 Å². The van der Waals surface area contributed by atoms with E-state index in [4.69, 9.17) is 0 Å². The number of rotatable bonds is 5. The summed E-state index contributed by atoms with van der Waals surface area (Å²) >= 11 is 0. The van der Waals surface area contributed by atoms with Gasteiger partial charge < -0.3 is 0 Å². The molecule has 152 valence electrons. The second-order valence-corrected chi connectivity index (χ2v) is 9.97. The highest BCUT2D eigenvalue weighted by Gasteiger charge is 2.79. The molecule has 0 saturated heterocycles. The molecular formula is C15H20F7NO2S. The minimum absolute atomic E-state index is 0.324. The minimum atomic E-state index is -6.69. The maximum Gasteiger partial charge on any atom is 0.461 e. The van der Waals surface area contributed by atoms with Crippen LogP contribution in [0.3, 0.4) is 0 Å². The third-order valence-electron chi connectivity index (χ3n) is 6.40. The van der Waals surface area contributed by atoms with E-state index < -0.39 is 38.8 Å². The average molecular weight is 411 g/mol. The van der Waals surface area contributed by atoms with Gasteiger partial charge in [-0.25, -0.2) is 13.1 Å². The summed E-state index contributed by atoms with van der Waals surface area (Å²) in [4.78, 5) is 0. The van der Waals surface area contributed by atoms with Crippen molar-refractivity contribution in [3.8, 4) is 0 Å². The normalized spacial score (nSPS) is 36.4. The summed E-state index contributed by atoms with van der Waals surface area (Å²) in [5.41, 5.74) is -0.661. The van der Waals surface area contributed by atoms with Gasteiger partial charge in [-0.3, -0.25) is 0 Å². The van der Waals surface area contributed by atoms with Crippen LogP contribution < -0.4 is 4.72 Å². The van der Waals surface area contributed by atoms with Crippen molar-refractivity contribution in [1.82, 2.24) is 4.72 Å². The number of nitrogens with one attached hydrogen (secondary N) is 1. The summed E-state index contributed by atoms with van der Waals surface area (Å²) in [6.45, 7) is 1.28. The van der Waals surface area contributed by atoms with Crippen LogP contribution in [0.15, 0.2) is 0 Å². The van der Waals surface area contributed by atoms with Crippen LogP contribution in [0, 0.1) is 23.2 Å². The Morgan fingerprint density at radius 2 is 1.27 bits per heavy atom. The van der Waals surface area contributed by atoms with Crippen LogP contribution in [0.25, 0.3) is 0 Å². The first-order valence-corrected chi connectivity index (χ1v) is 9.94. The molecule has 0 heterocycles. The van der Waals surface area contributed by atoms with Gasteiger partial charge in [0, 0.05) is 6.04 Å². The van der Waals surface area contributed by atoms with Crippen molar-refractivity contribution in [3.05, 3.63) is 0 Å². The number of alkyl halides is 7. The fraction of sp³-hybridized carbons (Fsp3) is 1.00. The first-order chi connectivity index (χ1) is 11.6. The molecular weight excluding hydrogens is 391 g/mol. The van der Waals surface area contributed by atoms with Crippen LogP contribution in [0.1, 0.15) is 45.4 Å². The summed E-state index contributed by atoms with van der Waals surface area (Å²) in [6.07, 6.45) is -2.05. The van der Waals surface area contributed by atoms with E-state index in [1.807, 2.05) is 0 Å². The monoisotopic (exact) mass is 411 g/mol. The molecule has 26 heavy (non-hydrogen) atoms. The fourth-order valence-electron chi connectivity index (χ4n) is 5.47. The van der Waals surface area contributed by atoms with Gasteiger partial charge in [-0.15, -0.1) is 0 Å². The predicted molar refractivity (Wildman–Crippen MR) is 78.1 cm³/mol. The zero-order valence-electron chi connectivity index (χ0n) is 13.9. The Kier molecular flexibility index (Phi) is 4.43. The van der Waals surface area contributed by atoms with Crippen LogP contribution in [-0.2, 0) is 10.0 Å². The lowest BCUT2D eigenvalue weighted by Gasteiger charge is -2.59. The molecule has 4 saturated carbocycles. The van der Waals surface area contributed by atoms with Crippen LogP contribution in [0.5, 0.6) is 0 Å². The molecule has 0 aromatic rings. The van der Waals surface area contributed by atoms with Crippen LogP contribution >= 0.6 is 0 Å². The Labute approximate surface area is 146 Å². The lowest BCUT2D eigenvalue weighted by atomic mass is 9.48. The quantitative estimate of drug-likeness (QED) is 0.686. The van der Waals surface area contributed by atoms with Crippen LogP contribution in [0.2, 0.25) is 0 Å². The van der Waals surface area contributed by atoms with E-state index in [1.165, 1.54) is 11.6 Å². The molecule has 3 nitrogen and oxygen atoms in total. The summed E-state index contributed by atoms with van der Waals surface area (Å²) in [7, 11) is -6.25. The molecule has 11 heteroatoms. The van der Waals surface area contributed by atoms with E-state index in [0.29, 0.717) is 37.0 Å². The molecule has 1 atom stereocenters. The summed E-state index contributed by atoms with van der Waals surface area (Å²) in [5.74, 6) is -5.71. The Bertz CT molecular complexity index is 639. The molecule has 0 radical (unpaired) electrons. The maximum absolute atomic E-state index is 13.7. The van der Waals surface area contributed by atoms with E-state index in [-0.39, 0.29) is 0 Å². The third-order valence-corrected chi connectivity index (χ3v) is 7.99.